The molecular weight excluding hydrogens is 192 g/mol. The van der Waals surface area contributed by atoms with Crippen LogP contribution < -0.4 is 0 Å². The molecule has 0 fully saturated rings. The van der Waals surface area contributed by atoms with Gasteiger partial charge in [-0.15, -0.1) is 5.10 Å². The predicted molar refractivity (Wildman–Crippen MR) is 55.0 cm³/mol. The highest BCUT2D eigenvalue weighted by atomic mass is 16.3. The molecule has 3 rings (SSSR count). The summed E-state index contributed by atoms with van der Waals surface area (Å²) in [4.78, 5) is 4.28. The molecule has 3 aromatic rings. The van der Waals surface area contributed by atoms with Gasteiger partial charge < -0.3 is 5.11 Å². The van der Waals surface area contributed by atoms with Gasteiger partial charge in [0, 0.05) is 11.6 Å². The van der Waals surface area contributed by atoms with Crippen LogP contribution in [0, 0.1) is 0 Å². The van der Waals surface area contributed by atoms with Crippen LogP contribution in [0.4, 0.5) is 0 Å². The third-order valence-electron chi connectivity index (χ3n) is 2.38. The molecule has 5 heteroatoms. The molecule has 1 aromatic carbocycles. The van der Waals surface area contributed by atoms with Crippen LogP contribution in [0.15, 0.2) is 30.5 Å². The number of aliphatic hydroxyl groups excluding tert-OH is 1. The van der Waals surface area contributed by atoms with Gasteiger partial charge >= 0.3 is 0 Å². The molecule has 2 heterocycles. The summed E-state index contributed by atoms with van der Waals surface area (Å²) >= 11 is 0. The molecule has 0 amide bonds. The van der Waals surface area contributed by atoms with Crippen molar-refractivity contribution >= 4 is 21.9 Å². The molecule has 0 aliphatic heterocycles. The van der Waals surface area contributed by atoms with Crippen LogP contribution in [0.3, 0.4) is 0 Å². The summed E-state index contributed by atoms with van der Waals surface area (Å²) in [5.41, 5.74) is 2.33. The van der Waals surface area contributed by atoms with E-state index in [4.69, 9.17) is 5.11 Å². The van der Waals surface area contributed by atoms with Crippen molar-refractivity contribution in [3.05, 3.63) is 30.5 Å². The van der Waals surface area contributed by atoms with E-state index in [1.807, 2.05) is 24.3 Å². The van der Waals surface area contributed by atoms with Crippen molar-refractivity contribution in [1.29, 1.82) is 0 Å². The van der Waals surface area contributed by atoms with Crippen LogP contribution in [-0.4, -0.2) is 25.1 Å². The van der Waals surface area contributed by atoms with Gasteiger partial charge in [-0.2, -0.15) is 0 Å². The summed E-state index contributed by atoms with van der Waals surface area (Å²) < 4.78 is 1.44. The first-order valence-electron chi connectivity index (χ1n) is 4.58. The standard InChI is InChI=1S/C10H8N4O/c15-6-14-10-8(12-13-14)4-3-7-2-1-5-11-9(7)10/h1-5,15H,6H2. The van der Waals surface area contributed by atoms with Crippen LogP contribution in [0.2, 0.25) is 0 Å². The van der Waals surface area contributed by atoms with E-state index in [-0.39, 0.29) is 6.73 Å². The Bertz CT molecular complexity index is 631. The van der Waals surface area contributed by atoms with Gasteiger partial charge in [-0.1, -0.05) is 17.3 Å². The maximum Gasteiger partial charge on any atom is 0.138 e. The predicted octanol–water partition coefficient (Wildman–Crippen LogP) is 0.929. The number of rotatable bonds is 1. The maximum absolute atomic E-state index is 9.12. The van der Waals surface area contributed by atoms with Crippen molar-refractivity contribution in [2.24, 2.45) is 0 Å². The fraction of sp³-hybridized carbons (Fsp3) is 0.100. The minimum Gasteiger partial charge on any atom is -0.374 e. The lowest BCUT2D eigenvalue weighted by Gasteiger charge is -1.99. The number of benzene rings is 1. The summed E-state index contributed by atoms with van der Waals surface area (Å²) in [7, 11) is 0. The minimum atomic E-state index is -0.188. The van der Waals surface area contributed by atoms with Gasteiger partial charge in [0.05, 0.1) is 5.52 Å². The Hall–Kier alpha value is -2.01. The first-order valence-corrected chi connectivity index (χ1v) is 4.58. The van der Waals surface area contributed by atoms with Crippen LogP contribution in [0.1, 0.15) is 0 Å². The third kappa shape index (κ3) is 1.10. The van der Waals surface area contributed by atoms with Gasteiger partial charge in [0.1, 0.15) is 17.8 Å². The number of fused-ring (bicyclic) bond motifs is 3. The number of aromatic nitrogens is 4. The van der Waals surface area contributed by atoms with E-state index in [0.29, 0.717) is 0 Å². The molecule has 0 saturated carbocycles. The number of aliphatic hydroxyl groups is 1. The van der Waals surface area contributed by atoms with E-state index < -0.39 is 0 Å². The first kappa shape index (κ1) is 8.31. The molecule has 0 atom stereocenters. The maximum atomic E-state index is 9.12. The molecule has 0 bridgehead atoms. The Kier molecular flexibility index (Phi) is 1.66. The van der Waals surface area contributed by atoms with E-state index in [1.165, 1.54) is 4.68 Å². The molecular formula is C10H8N4O. The third-order valence-corrected chi connectivity index (χ3v) is 2.38. The van der Waals surface area contributed by atoms with Gasteiger partial charge in [-0.3, -0.25) is 4.98 Å². The smallest absolute Gasteiger partial charge is 0.138 e. The molecule has 0 aliphatic carbocycles. The molecule has 0 unspecified atom stereocenters. The molecule has 0 saturated heterocycles. The Labute approximate surface area is 85.0 Å². The summed E-state index contributed by atoms with van der Waals surface area (Å²) in [6, 6.07) is 7.66. The van der Waals surface area contributed by atoms with E-state index >= 15 is 0 Å². The lowest BCUT2D eigenvalue weighted by atomic mass is 10.2. The molecule has 74 valence electrons. The highest BCUT2D eigenvalue weighted by molar-refractivity contribution is 6.01. The van der Waals surface area contributed by atoms with Crippen LogP contribution in [0.5, 0.6) is 0 Å². The Morgan fingerprint density at radius 2 is 2.20 bits per heavy atom. The second kappa shape index (κ2) is 2.99. The zero-order valence-electron chi connectivity index (χ0n) is 7.83. The molecule has 0 radical (unpaired) electrons. The van der Waals surface area contributed by atoms with Crippen molar-refractivity contribution in [3.8, 4) is 0 Å². The topological polar surface area (TPSA) is 63.8 Å². The van der Waals surface area contributed by atoms with Crippen molar-refractivity contribution in [2.45, 2.75) is 6.73 Å². The molecule has 15 heavy (non-hydrogen) atoms. The van der Waals surface area contributed by atoms with E-state index in [1.54, 1.807) is 6.20 Å². The van der Waals surface area contributed by atoms with E-state index in [9.17, 15) is 0 Å². The summed E-state index contributed by atoms with van der Waals surface area (Å²) in [6.45, 7) is -0.188. The van der Waals surface area contributed by atoms with Crippen molar-refractivity contribution in [3.63, 3.8) is 0 Å². The second-order valence-corrected chi connectivity index (χ2v) is 3.24. The molecule has 2 aromatic heterocycles. The van der Waals surface area contributed by atoms with Crippen LogP contribution in [0.25, 0.3) is 21.9 Å². The van der Waals surface area contributed by atoms with Gasteiger partial charge in [0.15, 0.2) is 0 Å². The zero-order chi connectivity index (χ0) is 10.3. The SMILES string of the molecule is OCn1nnc2ccc3cccnc3c21. The zero-order valence-corrected chi connectivity index (χ0v) is 7.83. The highest BCUT2D eigenvalue weighted by Crippen LogP contribution is 2.21. The van der Waals surface area contributed by atoms with Crippen LogP contribution >= 0.6 is 0 Å². The quantitative estimate of drug-likeness (QED) is 0.634. The minimum absolute atomic E-state index is 0.188. The van der Waals surface area contributed by atoms with Crippen molar-refractivity contribution in [1.82, 2.24) is 20.0 Å². The highest BCUT2D eigenvalue weighted by Gasteiger charge is 2.08. The lowest BCUT2D eigenvalue weighted by Crippen LogP contribution is -1.99. The Morgan fingerprint density at radius 3 is 3.07 bits per heavy atom. The van der Waals surface area contributed by atoms with Gasteiger partial charge in [0.2, 0.25) is 0 Å². The molecule has 1 N–H and O–H groups in total. The number of nitrogens with zero attached hydrogens (tertiary/aromatic N) is 4. The number of pyridine rings is 1. The normalized spacial score (nSPS) is 11.3. The Balaban J connectivity index is 2.56. The van der Waals surface area contributed by atoms with Gasteiger partial charge in [0.25, 0.3) is 0 Å². The lowest BCUT2D eigenvalue weighted by molar-refractivity contribution is 0.198. The summed E-state index contributed by atoms with van der Waals surface area (Å²) in [5.74, 6) is 0. The van der Waals surface area contributed by atoms with Crippen LogP contribution in [-0.2, 0) is 6.73 Å². The average Bonchev–Trinajstić information content (AvgIpc) is 2.72. The number of hydrogen-bond acceptors (Lipinski definition) is 4. The number of hydrogen-bond donors (Lipinski definition) is 1. The van der Waals surface area contributed by atoms with E-state index in [0.717, 1.165) is 21.9 Å². The van der Waals surface area contributed by atoms with E-state index in [2.05, 4.69) is 15.3 Å². The molecule has 0 spiro atoms. The van der Waals surface area contributed by atoms with Crippen molar-refractivity contribution < 1.29 is 5.11 Å². The summed E-state index contributed by atoms with van der Waals surface area (Å²) in [6.07, 6.45) is 1.72. The largest absolute Gasteiger partial charge is 0.374 e. The summed E-state index contributed by atoms with van der Waals surface area (Å²) in [5, 5.41) is 17.9. The fourth-order valence-electron chi connectivity index (χ4n) is 1.70. The molecule has 5 nitrogen and oxygen atoms in total. The second-order valence-electron chi connectivity index (χ2n) is 3.24. The van der Waals surface area contributed by atoms with Gasteiger partial charge in [-0.05, 0) is 12.1 Å². The Morgan fingerprint density at radius 1 is 1.27 bits per heavy atom. The van der Waals surface area contributed by atoms with Crippen molar-refractivity contribution in [2.75, 3.05) is 0 Å². The first-order chi connectivity index (χ1) is 7.40. The molecule has 0 aliphatic rings. The monoisotopic (exact) mass is 200 g/mol. The fourth-order valence-corrected chi connectivity index (χ4v) is 1.70. The van der Waals surface area contributed by atoms with Gasteiger partial charge in [-0.25, -0.2) is 4.68 Å². The average molecular weight is 200 g/mol.